The zero-order chi connectivity index (χ0) is 14.8. The fraction of sp³-hybridized carbons (Fsp3) is 0.600. The molecule has 1 fully saturated rings. The van der Waals surface area contributed by atoms with Crippen molar-refractivity contribution in [2.45, 2.75) is 37.6 Å². The number of sulfonamides is 1. The Labute approximate surface area is 122 Å². The Morgan fingerprint density at radius 2 is 1.95 bits per heavy atom. The number of nitrogens with zero attached hydrogens (tertiary/aromatic N) is 1. The Kier molecular flexibility index (Phi) is 4.83. The molecule has 5 heteroatoms. The number of rotatable bonds is 5. The van der Waals surface area contributed by atoms with Gasteiger partial charge in [0, 0.05) is 19.6 Å². The Hall–Kier alpha value is -0.910. The summed E-state index contributed by atoms with van der Waals surface area (Å²) in [4.78, 5) is 0.388. The first-order valence-corrected chi connectivity index (χ1v) is 8.63. The molecule has 20 heavy (non-hydrogen) atoms. The van der Waals surface area contributed by atoms with Crippen LogP contribution in [0.2, 0.25) is 0 Å². The van der Waals surface area contributed by atoms with Crippen LogP contribution >= 0.6 is 0 Å². The maximum atomic E-state index is 12.6. The highest BCUT2D eigenvalue weighted by Crippen LogP contribution is 2.20. The molecule has 1 N–H and O–H groups in total. The minimum absolute atomic E-state index is 0.0651. The second-order valence-electron chi connectivity index (χ2n) is 5.91. The lowest BCUT2D eigenvalue weighted by molar-refractivity contribution is 0.388. The topological polar surface area (TPSA) is 49.4 Å². The van der Waals surface area contributed by atoms with E-state index >= 15 is 0 Å². The Morgan fingerprint density at radius 1 is 1.30 bits per heavy atom. The number of hydrogen-bond donors (Lipinski definition) is 1. The van der Waals surface area contributed by atoms with Gasteiger partial charge in [-0.15, -0.1) is 0 Å². The summed E-state index contributed by atoms with van der Waals surface area (Å²) in [6.07, 6.45) is 1.85. The number of nitrogens with one attached hydrogen (secondary N) is 1. The maximum absolute atomic E-state index is 12.6. The average Bonchev–Trinajstić information content (AvgIpc) is 2.91. The first-order chi connectivity index (χ1) is 9.41. The molecule has 1 aliphatic heterocycles. The normalized spacial score (nSPS) is 19.9. The van der Waals surface area contributed by atoms with Gasteiger partial charge in [0.1, 0.15) is 0 Å². The second-order valence-corrected chi connectivity index (χ2v) is 7.91. The monoisotopic (exact) mass is 296 g/mol. The van der Waals surface area contributed by atoms with Crippen molar-refractivity contribution in [3.8, 4) is 0 Å². The zero-order valence-electron chi connectivity index (χ0n) is 12.5. The molecule has 0 spiro atoms. The van der Waals surface area contributed by atoms with Gasteiger partial charge in [-0.3, -0.25) is 0 Å². The van der Waals surface area contributed by atoms with E-state index < -0.39 is 10.0 Å². The van der Waals surface area contributed by atoms with Crippen LogP contribution in [0.3, 0.4) is 0 Å². The smallest absolute Gasteiger partial charge is 0.243 e. The summed E-state index contributed by atoms with van der Waals surface area (Å²) in [7, 11) is -1.70. The summed E-state index contributed by atoms with van der Waals surface area (Å²) in [5.74, 6) is 0.574. The fourth-order valence-electron chi connectivity index (χ4n) is 2.58. The predicted molar refractivity (Wildman–Crippen MR) is 81.2 cm³/mol. The maximum Gasteiger partial charge on any atom is 0.243 e. The van der Waals surface area contributed by atoms with E-state index in [1.54, 1.807) is 19.2 Å². The molecule has 0 aromatic heterocycles. The van der Waals surface area contributed by atoms with Gasteiger partial charge in [-0.05, 0) is 43.0 Å². The first-order valence-electron chi connectivity index (χ1n) is 7.19. The van der Waals surface area contributed by atoms with E-state index in [4.69, 9.17) is 0 Å². The molecular weight excluding hydrogens is 272 g/mol. The van der Waals surface area contributed by atoms with Crippen LogP contribution in [-0.4, -0.2) is 38.9 Å². The lowest BCUT2D eigenvalue weighted by atomic mass is 10.0. The third-order valence-electron chi connectivity index (χ3n) is 3.79. The summed E-state index contributed by atoms with van der Waals surface area (Å²) in [5, 5.41) is 3.20. The van der Waals surface area contributed by atoms with Crippen LogP contribution in [-0.2, 0) is 16.4 Å². The van der Waals surface area contributed by atoms with Crippen LogP contribution in [0.25, 0.3) is 0 Å². The van der Waals surface area contributed by atoms with E-state index in [0.29, 0.717) is 10.8 Å². The van der Waals surface area contributed by atoms with E-state index in [1.165, 1.54) is 9.87 Å². The first kappa shape index (κ1) is 15.5. The van der Waals surface area contributed by atoms with Gasteiger partial charge in [0.05, 0.1) is 4.90 Å². The summed E-state index contributed by atoms with van der Waals surface area (Å²) in [6, 6.07) is 7.37. The van der Waals surface area contributed by atoms with Crippen LogP contribution in [0.1, 0.15) is 25.8 Å². The predicted octanol–water partition coefficient (Wildman–Crippen LogP) is 1.87. The summed E-state index contributed by atoms with van der Waals surface area (Å²) < 4.78 is 26.6. The quantitative estimate of drug-likeness (QED) is 0.902. The van der Waals surface area contributed by atoms with Gasteiger partial charge >= 0.3 is 0 Å². The molecule has 1 saturated heterocycles. The van der Waals surface area contributed by atoms with E-state index in [-0.39, 0.29) is 6.04 Å². The van der Waals surface area contributed by atoms with Crippen molar-refractivity contribution >= 4 is 10.0 Å². The van der Waals surface area contributed by atoms with Crippen LogP contribution in [0.15, 0.2) is 29.2 Å². The molecule has 0 radical (unpaired) electrons. The SMILES string of the molecule is CC(C)Cc1ccc(S(=O)(=O)N(C)C2CCNC2)cc1. The summed E-state index contributed by atoms with van der Waals surface area (Å²) in [5.41, 5.74) is 1.18. The van der Waals surface area contributed by atoms with E-state index in [1.807, 2.05) is 12.1 Å². The molecule has 0 saturated carbocycles. The Bertz CT molecular complexity index is 531. The van der Waals surface area contributed by atoms with Crippen molar-refractivity contribution in [1.82, 2.24) is 9.62 Å². The van der Waals surface area contributed by atoms with Crippen LogP contribution in [0.4, 0.5) is 0 Å². The highest BCUT2D eigenvalue weighted by Gasteiger charge is 2.29. The standard InChI is InChI=1S/C15H24N2O2S/c1-12(2)10-13-4-6-15(7-5-13)20(18,19)17(3)14-8-9-16-11-14/h4-7,12,14,16H,8-11H2,1-3H3. The van der Waals surface area contributed by atoms with Gasteiger partial charge in [0.25, 0.3) is 0 Å². The van der Waals surface area contributed by atoms with Crippen LogP contribution in [0, 0.1) is 5.92 Å². The number of hydrogen-bond acceptors (Lipinski definition) is 3. The zero-order valence-corrected chi connectivity index (χ0v) is 13.3. The lowest BCUT2D eigenvalue weighted by Gasteiger charge is -2.23. The van der Waals surface area contributed by atoms with Crippen molar-refractivity contribution in [2.24, 2.45) is 5.92 Å². The molecule has 2 rings (SSSR count). The highest BCUT2D eigenvalue weighted by atomic mass is 32.2. The molecule has 0 amide bonds. The summed E-state index contributed by atoms with van der Waals surface area (Å²) >= 11 is 0. The molecule has 4 nitrogen and oxygen atoms in total. The van der Waals surface area contributed by atoms with Gasteiger partial charge in [-0.1, -0.05) is 26.0 Å². The van der Waals surface area contributed by atoms with Crippen molar-refractivity contribution in [1.29, 1.82) is 0 Å². The van der Waals surface area contributed by atoms with E-state index in [0.717, 1.165) is 25.9 Å². The van der Waals surface area contributed by atoms with Gasteiger partial charge in [-0.25, -0.2) is 8.42 Å². The molecule has 112 valence electrons. The molecule has 1 heterocycles. The summed E-state index contributed by atoms with van der Waals surface area (Å²) in [6.45, 7) is 5.94. The minimum Gasteiger partial charge on any atom is -0.315 e. The van der Waals surface area contributed by atoms with Crippen molar-refractivity contribution in [3.63, 3.8) is 0 Å². The molecule has 1 atom stereocenters. The molecule has 0 aliphatic carbocycles. The highest BCUT2D eigenvalue weighted by molar-refractivity contribution is 7.89. The molecule has 1 unspecified atom stereocenters. The lowest BCUT2D eigenvalue weighted by Crippen LogP contribution is -2.38. The average molecular weight is 296 g/mol. The molecule has 1 aromatic rings. The van der Waals surface area contributed by atoms with Gasteiger partial charge in [-0.2, -0.15) is 4.31 Å². The Balaban J connectivity index is 2.16. The number of likely N-dealkylation sites (N-methyl/N-ethyl adjacent to an activating group) is 1. The van der Waals surface area contributed by atoms with Gasteiger partial charge in [0.15, 0.2) is 0 Å². The molecule has 0 bridgehead atoms. The largest absolute Gasteiger partial charge is 0.315 e. The van der Waals surface area contributed by atoms with Crippen LogP contribution in [0.5, 0.6) is 0 Å². The van der Waals surface area contributed by atoms with E-state index in [9.17, 15) is 8.42 Å². The van der Waals surface area contributed by atoms with Crippen LogP contribution < -0.4 is 5.32 Å². The van der Waals surface area contributed by atoms with Crippen molar-refractivity contribution in [3.05, 3.63) is 29.8 Å². The molecule has 1 aromatic carbocycles. The third kappa shape index (κ3) is 3.40. The molecular formula is C15H24N2O2S. The van der Waals surface area contributed by atoms with Gasteiger partial charge < -0.3 is 5.32 Å². The Morgan fingerprint density at radius 3 is 2.45 bits per heavy atom. The fourth-order valence-corrected chi connectivity index (χ4v) is 3.97. The number of benzene rings is 1. The van der Waals surface area contributed by atoms with Gasteiger partial charge in [0.2, 0.25) is 10.0 Å². The van der Waals surface area contributed by atoms with Crippen molar-refractivity contribution in [2.75, 3.05) is 20.1 Å². The van der Waals surface area contributed by atoms with Crippen molar-refractivity contribution < 1.29 is 8.42 Å². The minimum atomic E-state index is -3.37. The second kappa shape index (κ2) is 6.24. The van der Waals surface area contributed by atoms with E-state index in [2.05, 4.69) is 19.2 Å². The third-order valence-corrected chi connectivity index (χ3v) is 5.72. The molecule has 1 aliphatic rings.